The maximum absolute atomic E-state index is 4.89. The van der Waals surface area contributed by atoms with Gasteiger partial charge in [-0.25, -0.2) is 9.98 Å². The second-order valence-electron chi connectivity index (χ2n) is 7.33. The third kappa shape index (κ3) is 6.66. The molecule has 2 fully saturated rings. The van der Waals surface area contributed by atoms with Gasteiger partial charge in [0, 0.05) is 63.0 Å². The largest absolute Gasteiger partial charge is 0.357 e. The molecule has 0 bridgehead atoms. The molecule has 1 aromatic heterocycles. The van der Waals surface area contributed by atoms with Crippen molar-refractivity contribution in [2.45, 2.75) is 32.1 Å². The van der Waals surface area contributed by atoms with E-state index in [-0.39, 0.29) is 24.0 Å². The zero-order valence-corrected chi connectivity index (χ0v) is 20.6. The monoisotopic (exact) mass is 518 g/mol. The van der Waals surface area contributed by atoms with Gasteiger partial charge in [0.2, 0.25) is 0 Å². The first-order valence-corrected chi connectivity index (χ1v) is 11.3. The summed E-state index contributed by atoms with van der Waals surface area (Å²) in [6.07, 6.45) is 3.21. The summed E-state index contributed by atoms with van der Waals surface area (Å²) in [7, 11) is 2.18. The highest BCUT2D eigenvalue weighted by Crippen LogP contribution is 2.21. The van der Waals surface area contributed by atoms with Crippen molar-refractivity contribution in [3.63, 3.8) is 0 Å². The number of halogens is 1. The highest BCUT2D eigenvalue weighted by atomic mass is 127. The zero-order chi connectivity index (χ0) is 19.1. The first-order valence-electron chi connectivity index (χ1n) is 10.2. The number of thioether (sulfide) groups is 1. The van der Waals surface area contributed by atoms with Crippen LogP contribution in [0.5, 0.6) is 0 Å². The number of guanidine groups is 1. The molecule has 28 heavy (non-hydrogen) atoms. The van der Waals surface area contributed by atoms with Crippen molar-refractivity contribution in [2.75, 3.05) is 63.5 Å². The van der Waals surface area contributed by atoms with Crippen LogP contribution in [-0.2, 0) is 6.54 Å². The fraction of sp³-hybridized carbons (Fsp3) is 0.700. The third-order valence-corrected chi connectivity index (χ3v) is 6.65. The van der Waals surface area contributed by atoms with Crippen LogP contribution in [0, 0.1) is 0 Å². The van der Waals surface area contributed by atoms with Gasteiger partial charge in [0.25, 0.3) is 0 Å². The minimum absolute atomic E-state index is 0. The van der Waals surface area contributed by atoms with Crippen LogP contribution >= 0.6 is 35.7 Å². The predicted molar refractivity (Wildman–Crippen MR) is 132 cm³/mol. The first-order chi connectivity index (χ1) is 13.2. The molecule has 1 aromatic rings. The number of pyridine rings is 1. The number of anilines is 1. The van der Waals surface area contributed by atoms with Gasteiger partial charge < -0.3 is 20.0 Å². The Kier molecular flexibility index (Phi) is 10.1. The lowest BCUT2D eigenvalue weighted by Crippen LogP contribution is -2.48. The van der Waals surface area contributed by atoms with Gasteiger partial charge in [-0.2, -0.15) is 11.8 Å². The second kappa shape index (κ2) is 12.1. The van der Waals surface area contributed by atoms with Gasteiger partial charge in [-0.1, -0.05) is 13.0 Å². The van der Waals surface area contributed by atoms with Crippen molar-refractivity contribution >= 4 is 47.5 Å². The van der Waals surface area contributed by atoms with Gasteiger partial charge in [0.05, 0.1) is 6.54 Å². The number of aliphatic imine (C=N–C) groups is 1. The van der Waals surface area contributed by atoms with E-state index in [1.807, 2.05) is 6.20 Å². The molecule has 0 aliphatic carbocycles. The van der Waals surface area contributed by atoms with Crippen LogP contribution in [0.15, 0.2) is 23.3 Å². The van der Waals surface area contributed by atoms with Crippen molar-refractivity contribution in [3.8, 4) is 0 Å². The predicted octanol–water partition coefficient (Wildman–Crippen LogP) is 2.74. The van der Waals surface area contributed by atoms with Crippen LogP contribution in [0.4, 0.5) is 5.82 Å². The molecule has 1 N–H and O–H groups in total. The average Bonchev–Trinajstić information content (AvgIpc) is 2.72. The number of hydrogen-bond donors (Lipinski definition) is 1. The molecule has 0 aromatic carbocycles. The van der Waals surface area contributed by atoms with E-state index in [1.165, 1.54) is 17.7 Å². The van der Waals surface area contributed by atoms with E-state index in [0.717, 1.165) is 57.6 Å². The lowest BCUT2D eigenvalue weighted by Gasteiger charge is -2.34. The average molecular weight is 519 g/mol. The molecule has 2 saturated heterocycles. The third-order valence-electron chi connectivity index (χ3n) is 5.28. The van der Waals surface area contributed by atoms with Crippen molar-refractivity contribution in [3.05, 3.63) is 23.9 Å². The summed E-state index contributed by atoms with van der Waals surface area (Å²) in [5.74, 6) is 3.31. The Morgan fingerprint density at radius 3 is 2.64 bits per heavy atom. The number of rotatable bonds is 5. The first kappa shape index (κ1) is 23.5. The van der Waals surface area contributed by atoms with E-state index in [1.54, 1.807) is 0 Å². The quantitative estimate of drug-likeness (QED) is 0.368. The van der Waals surface area contributed by atoms with Crippen LogP contribution in [0.25, 0.3) is 0 Å². The van der Waals surface area contributed by atoms with Gasteiger partial charge in [-0.05, 0) is 32.0 Å². The molecule has 1 atom stereocenters. The summed E-state index contributed by atoms with van der Waals surface area (Å²) in [4.78, 5) is 16.7. The van der Waals surface area contributed by atoms with E-state index in [9.17, 15) is 0 Å². The topological polar surface area (TPSA) is 47.0 Å². The Morgan fingerprint density at radius 2 is 2.00 bits per heavy atom. The van der Waals surface area contributed by atoms with Crippen LogP contribution in [0.3, 0.4) is 0 Å². The lowest BCUT2D eigenvalue weighted by atomic mass is 10.2. The number of likely N-dealkylation sites (N-methyl/N-ethyl adjacent to an activating group) is 1. The van der Waals surface area contributed by atoms with Crippen LogP contribution in [0.2, 0.25) is 0 Å². The molecule has 6 nitrogen and oxygen atoms in total. The van der Waals surface area contributed by atoms with E-state index >= 15 is 0 Å². The summed E-state index contributed by atoms with van der Waals surface area (Å²) in [5.41, 5.74) is 1.17. The second-order valence-corrected chi connectivity index (χ2v) is 8.74. The maximum atomic E-state index is 4.89. The van der Waals surface area contributed by atoms with Crippen molar-refractivity contribution in [1.29, 1.82) is 0 Å². The van der Waals surface area contributed by atoms with Crippen molar-refractivity contribution < 1.29 is 0 Å². The highest BCUT2D eigenvalue weighted by molar-refractivity contribution is 14.0. The summed E-state index contributed by atoms with van der Waals surface area (Å²) in [6, 6.07) is 4.32. The molecular formula is C20H35IN6S. The Labute approximate surface area is 191 Å². The van der Waals surface area contributed by atoms with E-state index in [0.29, 0.717) is 11.8 Å². The number of nitrogens with one attached hydrogen (secondary N) is 1. The van der Waals surface area contributed by atoms with E-state index < -0.39 is 0 Å². The summed E-state index contributed by atoms with van der Waals surface area (Å²) >= 11 is 2.09. The van der Waals surface area contributed by atoms with Gasteiger partial charge in [0.15, 0.2) is 5.96 Å². The standard InChI is InChI=1S/C20H34N6S.HI/c1-4-18-16-26(12-13-27-18)20(21-5-2)23-15-17-6-7-19(22-14-17)25-10-8-24(3)9-11-25;/h6-7,14,18H,4-5,8-13,15-16H2,1-3H3,(H,21,23);1H. The Balaban J connectivity index is 0.00000280. The van der Waals surface area contributed by atoms with E-state index in [2.05, 4.69) is 69.8 Å². The Hall–Kier alpha value is -0.740. The molecule has 0 saturated carbocycles. The molecule has 3 rings (SSSR count). The van der Waals surface area contributed by atoms with Crippen molar-refractivity contribution in [1.82, 2.24) is 20.1 Å². The fourth-order valence-electron chi connectivity index (χ4n) is 3.48. The molecule has 2 aliphatic heterocycles. The van der Waals surface area contributed by atoms with E-state index in [4.69, 9.17) is 4.99 Å². The fourth-order valence-corrected chi connectivity index (χ4v) is 4.66. The Morgan fingerprint density at radius 1 is 1.21 bits per heavy atom. The lowest BCUT2D eigenvalue weighted by molar-refractivity contribution is 0.312. The SMILES string of the molecule is CCNC(=NCc1ccc(N2CCN(C)CC2)nc1)N1CCSC(CC)C1.I. The number of aromatic nitrogens is 1. The molecule has 158 valence electrons. The van der Waals surface area contributed by atoms with Crippen molar-refractivity contribution in [2.24, 2.45) is 4.99 Å². The number of hydrogen-bond acceptors (Lipinski definition) is 5. The smallest absolute Gasteiger partial charge is 0.194 e. The molecule has 3 heterocycles. The minimum atomic E-state index is 0. The van der Waals surface area contributed by atoms with Crippen LogP contribution < -0.4 is 10.2 Å². The normalized spacial score (nSPS) is 21.4. The molecular weight excluding hydrogens is 483 g/mol. The number of nitrogens with zero attached hydrogens (tertiary/aromatic N) is 5. The maximum Gasteiger partial charge on any atom is 0.194 e. The number of piperazine rings is 1. The van der Waals surface area contributed by atoms with Gasteiger partial charge >= 0.3 is 0 Å². The molecule has 8 heteroatoms. The summed E-state index contributed by atoms with van der Waals surface area (Å²) in [6.45, 7) is 12.5. The van der Waals surface area contributed by atoms with Gasteiger partial charge in [0.1, 0.15) is 5.82 Å². The van der Waals surface area contributed by atoms with Gasteiger partial charge in [-0.15, -0.1) is 24.0 Å². The highest BCUT2D eigenvalue weighted by Gasteiger charge is 2.21. The van der Waals surface area contributed by atoms with Crippen LogP contribution in [0.1, 0.15) is 25.8 Å². The molecule has 0 amide bonds. The molecule has 1 unspecified atom stereocenters. The van der Waals surface area contributed by atoms with Gasteiger partial charge in [-0.3, -0.25) is 0 Å². The summed E-state index contributed by atoms with van der Waals surface area (Å²) in [5, 5.41) is 4.18. The molecule has 0 spiro atoms. The zero-order valence-electron chi connectivity index (χ0n) is 17.4. The molecule has 2 aliphatic rings. The summed E-state index contributed by atoms with van der Waals surface area (Å²) < 4.78 is 0. The Bertz CT molecular complexity index is 603. The molecule has 0 radical (unpaired) electrons. The minimum Gasteiger partial charge on any atom is -0.357 e. The van der Waals surface area contributed by atoms with Crippen LogP contribution in [-0.4, -0.2) is 84.6 Å².